The van der Waals surface area contributed by atoms with Crippen LogP contribution in [0.25, 0.3) is 0 Å². The Morgan fingerprint density at radius 3 is 2.53 bits per heavy atom. The van der Waals surface area contributed by atoms with Gasteiger partial charge in [0.25, 0.3) is 0 Å². The number of sulfonamides is 1. The fraction of sp³-hybridized carbons (Fsp3) is 0.636. The molecule has 0 aliphatic heterocycles. The van der Waals surface area contributed by atoms with Crippen LogP contribution in [0.4, 0.5) is 0 Å². The van der Waals surface area contributed by atoms with E-state index in [9.17, 15) is 8.42 Å². The van der Waals surface area contributed by atoms with Gasteiger partial charge in [0.2, 0.25) is 10.0 Å². The minimum atomic E-state index is -3.31. The number of aryl methyl sites for hydroxylation is 1. The molecule has 0 saturated carbocycles. The summed E-state index contributed by atoms with van der Waals surface area (Å²) >= 11 is 1.34. The van der Waals surface area contributed by atoms with Crippen LogP contribution in [0.1, 0.15) is 25.1 Å². The number of rotatable bonds is 8. The maximum Gasteiger partial charge on any atom is 0.250 e. The van der Waals surface area contributed by atoms with Crippen LogP contribution >= 0.6 is 11.3 Å². The molecule has 1 rings (SSSR count). The van der Waals surface area contributed by atoms with Crippen molar-refractivity contribution in [3.05, 3.63) is 17.0 Å². The van der Waals surface area contributed by atoms with Crippen LogP contribution in [0.5, 0.6) is 0 Å². The maximum atomic E-state index is 11.9. The lowest BCUT2D eigenvalue weighted by molar-refractivity contribution is 0.577. The molecule has 17 heavy (non-hydrogen) atoms. The van der Waals surface area contributed by atoms with Gasteiger partial charge in [-0.15, -0.1) is 11.3 Å². The molecule has 0 atom stereocenters. The zero-order chi connectivity index (χ0) is 12.7. The topological polar surface area (TPSA) is 58.2 Å². The van der Waals surface area contributed by atoms with Gasteiger partial charge in [0, 0.05) is 18.0 Å². The summed E-state index contributed by atoms with van der Waals surface area (Å²) in [6.07, 6.45) is 1.93. The molecule has 0 unspecified atom stereocenters. The molecule has 0 bridgehead atoms. The van der Waals surface area contributed by atoms with E-state index in [0.29, 0.717) is 17.3 Å². The number of hydrogen-bond donors (Lipinski definition) is 2. The lowest BCUT2D eigenvalue weighted by atomic mass is 10.4. The molecule has 4 nitrogen and oxygen atoms in total. The average molecular weight is 276 g/mol. The normalized spacial score (nSPS) is 11.9. The van der Waals surface area contributed by atoms with Gasteiger partial charge in [-0.2, -0.15) is 0 Å². The third-order valence-electron chi connectivity index (χ3n) is 2.27. The largest absolute Gasteiger partial charge is 0.315 e. The van der Waals surface area contributed by atoms with E-state index in [1.54, 1.807) is 6.07 Å². The SMILES string of the molecule is CCCNCCNS(=O)(=O)c1ccc(CC)s1. The number of nitrogens with one attached hydrogen (secondary N) is 2. The van der Waals surface area contributed by atoms with Crippen LogP contribution in [0.3, 0.4) is 0 Å². The fourth-order valence-corrected chi connectivity index (χ4v) is 3.71. The lowest BCUT2D eigenvalue weighted by Crippen LogP contribution is -2.31. The van der Waals surface area contributed by atoms with Gasteiger partial charge in [-0.1, -0.05) is 13.8 Å². The van der Waals surface area contributed by atoms with Gasteiger partial charge < -0.3 is 5.32 Å². The minimum Gasteiger partial charge on any atom is -0.315 e. The first-order chi connectivity index (χ1) is 8.10. The van der Waals surface area contributed by atoms with Gasteiger partial charge in [0.15, 0.2) is 0 Å². The van der Waals surface area contributed by atoms with Crippen LogP contribution < -0.4 is 10.0 Å². The molecule has 98 valence electrons. The Labute approximate surface area is 107 Å². The van der Waals surface area contributed by atoms with Crippen LogP contribution in [0.15, 0.2) is 16.3 Å². The molecule has 6 heteroatoms. The smallest absolute Gasteiger partial charge is 0.250 e. The van der Waals surface area contributed by atoms with Crippen molar-refractivity contribution >= 4 is 21.4 Å². The molecular formula is C11H20N2O2S2. The molecule has 1 aromatic heterocycles. The summed E-state index contributed by atoms with van der Waals surface area (Å²) in [7, 11) is -3.31. The summed E-state index contributed by atoms with van der Waals surface area (Å²) < 4.78 is 26.7. The molecule has 0 aliphatic rings. The predicted octanol–water partition coefficient (Wildman–Crippen LogP) is 1.59. The Bertz CT molecular complexity index is 426. The van der Waals surface area contributed by atoms with E-state index in [-0.39, 0.29) is 0 Å². The Kier molecular flexibility index (Phi) is 6.11. The molecular weight excluding hydrogens is 256 g/mol. The maximum absolute atomic E-state index is 11.9. The highest BCUT2D eigenvalue weighted by molar-refractivity contribution is 7.91. The second-order valence-corrected chi connectivity index (χ2v) is 6.88. The van der Waals surface area contributed by atoms with Gasteiger partial charge >= 0.3 is 0 Å². The summed E-state index contributed by atoms with van der Waals surface area (Å²) in [5, 5.41) is 3.15. The molecule has 1 heterocycles. The zero-order valence-corrected chi connectivity index (χ0v) is 12.0. The number of thiophene rings is 1. The second kappa shape index (κ2) is 7.10. The van der Waals surface area contributed by atoms with E-state index in [0.717, 1.165) is 24.3 Å². The van der Waals surface area contributed by atoms with Crippen LogP contribution in [-0.4, -0.2) is 28.1 Å². The molecule has 0 spiro atoms. The van der Waals surface area contributed by atoms with Crippen molar-refractivity contribution in [3.63, 3.8) is 0 Å². The summed E-state index contributed by atoms with van der Waals surface area (Å²) in [6.45, 7) is 6.11. The van der Waals surface area contributed by atoms with Gasteiger partial charge in [-0.3, -0.25) is 0 Å². The van der Waals surface area contributed by atoms with Crippen molar-refractivity contribution < 1.29 is 8.42 Å². The summed E-state index contributed by atoms with van der Waals surface area (Å²) in [4.78, 5) is 1.09. The molecule has 0 radical (unpaired) electrons. The standard InChI is InChI=1S/C11H20N2O2S2/c1-3-7-12-8-9-13-17(14,15)11-6-5-10(4-2)16-11/h5-6,12-13H,3-4,7-9H2,1-2H3. The van der Waals surface area contributed by atoms with E-state index in [2.05, 4.69) is 17.0 Å². The zero-order valence-electron chi connectivity index (χ0n) is 10.3. The number of hydrogen-bond acceptors (Lipinski definition) is 4. The van der Waals surface area contributed by atoms with Crippen molar-refractivity contribution in [2.75, 3.05) is 19.6 Å². The van der Waals surface area contributed by atoms with E-state index in [1.165, 1.54) is 11.3 Å². The predicted molar refractivity (Wildman–Crippen MR) is 72.0 cm³/mol. The third-order valence-corrected chi connectivity index (χ3v) is 5.45. The van der Waals surface area contributed by atoms with E-state index in [4.69, 9.17) is 0 Å². The van der Waals surface area contributed by atoms with Crippen LogP contribution in [0, 0.1) is 0 Å². The van der Waals surface area contributed by atoms with Gasteiger partial charge in [-0.05, 0) is 31.5 Å². The average Bonchev–Trinajstić information content (AvgIpc) is 2.78. The summed E-state index contributed by atoms with van der Waals surface area (Å²) in [5.41, 5.74) is 0. The second-order valence-electron chi connectivity index (χ2n) is 3.72. The first-order valence-electron chi connectivity index (χ1n) is 5.89. The third kappa shape index (κ3) is 4.75. The fourth-order valence-electron chi connectivity index (χ4n) is 1.34. The van der Waals surface area contributed by atoms with Gasteiger partial charge in [0.1, 0.15) is 4.21 Å². The quantitative estimate of drug-likeness (QED) is 0.709. The molecule has 2 N–H and O–H groups in total. The molecule has 0 amide bonds. The molecule has 0 fully saturated rings. The molecule has 0 aromatic carbocycles. The highest BCUT2D eigenvalue weighted by Crippen LogP contribution is 2.21. The Morgan fingerprint density at radius 1 is 1.18 bits per heavy atom. The van der Waals surface area contributed by atoms with Gasteiger partial charge in [0.05, 0.1) is 0 Å². The van der Waals surface area contributed by atoms with Crippen molar-refractivity contribution in [1.82, 2.24) is 10.0 Å². The molecule has 1 aromatic rings. The van der Waals surface area contributed by atoms with E-state index < -0.39 is 10.0 Å². The Balaban J connectivity index is 2.45. The molecule has 0 saturated heterocycles. The monoisotopic (exact) mass is 276 g/mol. The van der Waals surface area contributed by atoms with E-state index >= 15 is 0 Å². The Morgan fingerprint density at radius 2 is 1.94 bits per heavy atom. The Hall–Kier alpha value is -0.430. The van der Waals surface area contributed by atoms with E-state index in [1.807, 2.05) is 13.0 Å². The van der Waals surface area contributed by atoms with Crippen molar-refractivity contribution in [1.29, 1.82) is 0 Å². The molecule has 0 aliphatic carbocycles. The highest BCUT2D eigenvalue weighted by Gasteiger charge is 2.15. The lowest BCUT2D eigenvalue weighted by Gasteiger charge is -2.05. The van der Waals surface area contributed by atoms with Crippen LogP contribution in [-0.2, 0) is 16.4 Å². The first kappa shape index (κ1) is 14.6. The first-order valence-corrected chi connectivity index (χ1v) is 8.19. The van der Waals surface area contributed by atoms with Crippen molar-refractivity contribution in [2.45, 2.75) is 30.9 Å². The highest BCUT2D eigenvalue weighted by atomic mass is 32.2. The van der Waals surface area contributed by atoms with Gasteiger partial charge in [-0.25, -0.2) is 13.1 Å². The summed E-state index contributed by atoms with van der Waals surface area (Å²) in [5.74, 6) is 0. The van der Waals surface area contributed by atoms with Crippen molar-refractivity contribution in [3.8, 4) is 0 Å². The van der Waals surface area contributed by atoms with Crippen LogP contribution in [0.2, 0.25) is 0 Å². The van der Waals surface area contributed by atoms with Crippen molar-refractivity contribution in [2.24, 2.45) is 0 Å². The summed E-state index contributed by atoms with van der Waals surface area (Å²) in [6, 6.07) is 3.54. The minimum absolute atomic E-state index is 0.407.